The molecule has 0 N–H and O–H groups in total. The van der Waals surface area contributed by atoms with Crippen LogP contribution in [0.4, 0.5) is 5.69 Å². The van der Waals surface area contributed by atoms with Crippen molar-refractivity contribution in [1.82, 2.24) is 4.98 Å². The van der Waals surface area contributed by atoms with Gasteiger partial charge in [-0.3, -0.25) is 4.98 Å². The molecule has 4 rings (SSSR count). The van der Waals surface area contributed by atoms with Gasteiger partial charge in [-0.25, -0.2) is 0 Å². The van der Waals surface area contributed by atoms with Gasteiger partial charge < -0.3 is 4.90 Å². The molecule has 0 atom stereocenters. The molecular formula is C34H39BN2. The molecule has 0 aliphatic heterocycles. The Morgan fingerprint density at radius 2 is 1.19 bits per heavy atom. The Kier molecular flexibility index (Phi) is 7.73. The lowest BCUT2D eigenvalue weighted by Gasteiger charge is -2.27. The number of benzene rings is 3. The lowest BCUT2D eigenvalue weighted by Crippen LogP contribution is -2.56. The summed E-state index contributed by atoms with van der Waals surface area (Å²) in [5.74, 6) is 0. The van der Waals surface area contributed by atoms with Crippen LogP contribution in [0.15, 0.2) is 60.7 Å². The van der Waals surface area contributed by atoms with E-state index < -0.39 is 0 Å². The summed E-state index contributed by atoms with van der Waals surface area (Å²) in [5, 5.41) is 0. The molecule has 1 aromatic heterocycles. The summed E-state index contributed by atoms with van der Waals surface area (Å²) >= 11 is 0. The van der Waals surface area contributed by atoms with Crippen LogP contribution >= 0.6 is 0 Å². The second kappa shape index (κ2) is 10.8. The van der Waals surface area contributed by atoms with Crippen molar-refractivity contribution in [2.24, 2.45) is 0 Å². The predicted molar refractivity (Wildman–Crippen MR) is 165 cm³/mol. The number of anilines is 1. The molecule has 3 heteroatoms. The quantitative estimate of drug-likeness (QED) is 0.311. The molecule has 0 fully saturated rings. The number of aryl methyl sites for hydroxylation is 7. The maximum Gasteiger partial charge on any atom is 0.243 e. The number of hydrogen-bond donors (Lipinski definition) is 0. The van der Waals surface area contributed by atoms with E-state index in [1.807, 2.05) is 13.0 Å². The van der Waals surface area contributed by atoms with E-state index in [2.05, 4.69) is 127 Å². The third-order valence-corrected chi connectivity index (χ3v) is 7.29. The van der Waals surface area contributed by atoms with Crippen molar-refractivity contribution in [3.05, 3.63) is 111 Å². The van der Waals surface area contributed by atoms with Gasteiger partial charge >= 0.3 is 0 Å². The van der Waals surface area contributed by atoms with E-state index >= 15 is 0 Å². The van der Waals surface area contributed by atoms with Gasteiger partial charge in [-0.05, 0) is 84.4 Å². The van der Waals surface area contributed by atoms with Gasteiger partial charge in [-0.2, -0.15) is 0 Å². The number of aromatic nitrogens is 1. The maximum absolute atomic E-state index is 4.71. The zero-order chi connectivity index (χ0) is 26.9. The predicted octanol–water partition coefficient (Wildman–Crippen LogP) is 5.99. The third-order valence-electron chi connectivity index (χ3n) is 7.29. The minimum Gasteiger partial charge on any atom is -0.378 e. The SMILES string of the molecule is Cc1cc(C)c(B(c2cc(N(C)C)ccc2/C=C/c2cccc(C)n2)c2c(C)cc(C)cc2C)c(C)c1. The van der Waals surface area contributed by atoms with Crippen LogP contribution in [-0.2, 0) is 0 Å². The van der Waals surface area contributed by atoms with Gasteiger partial charge in [0.25, 0.3) is 0 Å². The Bertz CT molecular complexity index is 1380. The van der Waals surface area contributed by atoms with Crippen LogP contribution < -0.4 is 21.3 Å². The van der Waals surface area contributed by atoms with Gasteiger partial charge in [0, 0.05) is 25.5 Å². The fraction of sp³-hybridized carbons (Fsp3) is 0.265. The van der Waals surface area contributed by atoms with Crippen molar-refractivity contribution in [1.29, 1.82) is 0 Å². The largest absolute Gasteiger partial charge is 0.378 e. The first-order valence-electron chi connectivity index (χ1n) is 13.1. The van der Waals surface area contributed by atoms with Crippen molar-refractivity contribution in [2.75, 3.05) is 19.0 Å². The smallest absolute Gasteiger partial charge is 0.243 e. The summed E-state index contributed by atoms with van der Waals surface area (Å²) in [4.78, 5) is 6.90. The molecule has 0 radical (unpaired) electrons. The van der Waals surface area contributed by atoms with Crippen LogP contribution in [0, 0.1) is 48.5 Å². The molecule has 3 aromatic carbocycles. The number of nitrogens with zero attached hydrogens (tertiary/aromatic N) is 2. The summed E-state index contributed by atoms with van der Waals surface area (Å²) < 4.78 is 0. The van der Waals surface area contributed by atoms with Gasteiger partial charge in [0.2, 0.25) is 6.71 Å². The van der Waals surface area contributed by atoms with E-state index in [-0.39, 0.29) is 6.71 Å². The molecule has 37 heavy (non-hydrogen) atoms. The Morgan fingerprint density at radius 1 is 0.649 bits per heavy atom. The average molecular weight is 487 g/mol. The van der Waals surface area contributed by atoms with Crippen molar-refractivity contribution in [3.8, 4) is 0 Å². The zero-order valence-electron chi connectivity index (χ0n) is 23.9. The molecule has 4 aromatic rings. The second-order valence-electron chi connectivity index (χ2n) is 10.8. The summed E-state index contributed by atoms with van der Waals surface area (Å²) in [5.41, 5.74) is 16.5. The van der Waals surface area contributed by atoms with Crippen molar-refractivity contribution >= 4 is 40.9 Å². The Hall–Kier alpha value is -3.59. The van der Waals surface area contributed by atoms with E-state index in [1.165, 1.54) is 61.0 Å². The highest BCUT2D eigenvalue weighted by Gasteiger charge is 2.30. The third kappa shape index (κ3) is 5.72. The monoisotopic (exact) mass is 486 g/mol. The lowest BCUT2D eigenvalue weighted by atomic mass is 9.33. The molecule has 0 aliphatic carbocycles. The molecule has 0 aliphatic rings. The summed E-state index contributed by atoms with van der Waals surface area (Å²) in [6, 6.07) is 22.4. The molecule has 0 amide bonds. The van der Waals surface area contributed by atoms with E-state index in [1.54, 1.807) is 0 Å². The number of pyridine rings is 1. The topological polar surface area (TPSA) is 16.1 Å². The minimum atomic E-state index is 0.117. The lowest BCUT2D eigenvalue weighted by molar-refractivity contribution is 1.13. The van der Waals surface area contributed by atoms with Crippen molar-refractivity contribution < 1.29 is 0 Å². The first-order valence-corrected chi connectivity index (χ1v) is 13.1. The van der Waals surface area contributed by atoms with Gasteiger partial charge in [-0.15, -0.1) is 0 Å². The molecule has 0 saturated carbocycles. The average Bonchev–Trinajstić information content (AvgIpc) is 2.80. The molecule has 0 saturated heterocycles. The van der Waals surface area contributed by atoms with E-state index in [0.717, 1.165) is 11.4 Å². The van der Waals surface area contributed by atoms with Gasteiger partial charge in [0.05, 0.1) is 5.69 Å². The Labute approximate surface area is 224 Å². The van der Waals surface area contributed by atoms with Crippen LogP contribution in [0.2, 0.25) is 0 Å². The van der Waals surface area contributed by atoms with Crippen molar-refractivity contribution in [3.63, 3.8) is 0 Å². The van der Waals surface area contributed by atoms with Crippen molar-refractivity contribution in [2.45, 2.75) is 48.5 Å². The van der Waals surface area contributed by atoms with Crippen LogP contribution in [0.3, 0.4) is 0 Å². The number of rotatable bonds is 6. The first kappa shape index (κ1) is 26.5. The number of hydrogen-bond acceptors (Lipinski definition) is 2. The molecule has 2 nitrogen and oxygen atoms in total. The molecule has 1 heterocycles. The Balaban J connectivity index is 2.05. The van der Waals surface area contributed by atoms with E-state index in [4.69, 9.17) is 4.98 Å². The normalized spacial score (nSPS) is 11.3. The fourth-order valence-corrected chi connectivity index (χ4v) is 5.82. The summed E-state index contributed by atoms with van der Waals surface area (Å²) in [6.45, 7) is 15.6. The van der Waals surface area contributed by atoms with Crippen LogP contribution in [0.5, 0.6) is 0 Å². The highest BCUT2D eigenvalue weighted by Crippen LogP contribution is 2.18. The van der Waals surface area contributed by atoms with Crippen LogP contribution in [0.1, 0.15) is 50.3 Å². The van der Waals surface area contributed by atoms with Gasteiger partial charge in [-0.1, -0.05) is 92.2 Å². The van der Waals surface area contributed by atoms with E-state index in [0.29, 0.717) is 0 Å². The highest BCUT2D eigenvalue weighted by atomic mass is 15.1. The summed E-state index contributed by atoms with van der Waals surface area (Å²) in [7, 11) is 4.23. The molecule has 188 valence electrons. The molecule has 0 unspecified atom stereocenters. The molecular weight excluding hydrogens is 447 g/mol. The Morgan fingerprint density at radius 3 is 1.68 bits per heavy atom. The van der Waals surface area contributed by atoms with E-state index in [9.17, 15) is 0 Å². The maximum atomic E-state index is 4.71. The fourth-order valence-electron chi connectivity index (χ4n) is 5.82. The van der Waals surface area contributed by atoms with Gasteiger partial charge in [0.15, 0.2) is 0 Å². The van der Waals surface area contributed by atoms with Crippen LogP contribution in [-0.4, -0.2) is 25.8 Å². The zero-order valence-corrected chi connectivity index (χ0v) is 23.9. The first-order chi connectivity index (χ1) is 17.5. The molecule has 0 bridgehead atoms. The summed E-state index contributed by atoms with van der Waals surface area (Å²) in [6.07, 6.45) is 4.38. The standard InChI is InChI=1S/C34H39BN2/c1-22-17-24(3)33(25(4)18-22)35(34-26(5)19-23(2)20-27(34)6)32-21-31(37(8)9)16-14-29(32)13-15-30-12-10-11-28(7)36-30/h10-21H,1-9H3/b15-13+. The second-order valence-corrected chi connectivity index (χ2v) is 10.8. The highest BCUT2D eigenvalue weighted by molar-refractivity contribution is 6.97. The minimum absolute atomic E-state index is 0.117. The van der Waals surface area contributed by atoms with Crippen LogP contribution in [0.25, 0.3) is 12.2 Å². The molecule has 0 spiro atoms. The van der Waals surface area contributed by atoms with Gasteiger partial charge in [0.1, 0.15) is 0 Å².